The van der Waals surface area contributed by atoms with E-state index in [9.17, 15) is 20.1 Å². The number of carbonyl (C=O) groups excluding carboxylic acids is 1. The maximum absolute atomic E-state index is 12.1. The van der Waals surface area contributed by atoms with Crippen LogP contribution in [0.3, 0.4) is 0 Å². The van der Waals surface area contributed by atoms with Crippen molar-refractivity contribution in [2.24, 2.45) is 0 Å². The van der Waals surface area contributed by atoms with Gasteiger partial charge in [0.2, 0.25) is 0 Å². The molecule has 3 aromatic rings. The number of esters is 1. The minimum Gasteiger partial charge on any atom is -0.508 e. The van der Waals surface area contributed by atoms with Gasteiger partial charge in [-0.05, 0) is 54.3 Å². The van der Waals surface area contributed by atoms with Gasteiger partial charge in [0.25, 0.3) is 0 Å². The summed E-state index contributed by atoms with van der Waals surface area (Å²) in [5.41, 5.74) is 0.787. The molecule has 29 heavy (non-hydrogen) atoms. The highest BCUT2D eigenvalue weighted by Gasteiger charge is 2.23. The van der Waals surface area contributed by atoms with Gasteiger partial charge in [0, 0.05) is 6.07 Å². The van der Waals surface area contributed by atoms with Crippen molar-refractivity contribution in [1.29, 1.82) is 0 Å². The summed E-state index contributed by atoms with van der Waals surface area (Å²) in [5.74, 6) is -0.333. The molecular formula is C22H19ClO6. The molecule has 0 heterocycles. The lowest BCUT2D eigenvalue weighted by atomic mass is 9.97. The van der Waals surface area contributed by atoms with Gasteiger partial charge in [-0.1, -0.05) is 29.8 Å². The quantitative estimate of drug-likeness (QED) is 0.500. The van der Waals surface area contributed by atoms with Gasteiger partial charge in [-0.25, -0.2) is 4.79 Å². The van der Waals surface area contributed by atoms with Gasteiger partial charge in [-0.3, -0.25) is 0 Å². The third-order valence-corrected chi connectivity index (χ3v) is 4.79. The van der Waals surface area contributed by atoms with E-state index in [0.29, 0.717) is 23.5 Å². The molecule has 0 spiro atoms. The first-order valence-electron chi connectivity index (χ1n) is 8.77. The standard InChI is InChI=1S/C22H19ClO6/c1-28-22(27)20-16(21(23)18(26)12-17(20)25)9-7-13-11-14(24)8-10-19(13)29-15-5-3-2-4-6-15/h2-6,8,10-12,24-26H,7,9H2,1H3. The molecule has 7 heteroatoms. The van der Waals surface area contributed by atoms with Crippen LogP contribution in [-0.4, -0.2) is 28.4 Å². The van der Waals surface area contributed by atoms with Crippen LogP contribution in [0.5, 0.6) is 28.7 Å². The van der Waals surface area contributed by atoms with Crippen LogP contribution in [0.15, 0.2) is 54.6 Å². The number of phenolic OH excluding ortho intramolecular Hbond substituents is 3. The monoisotopic (exact) mass is 414 g/mol. The van der Waals surface area contributed by atoms with Gasteiger partial charge < -0.3 is 24.8 Å². The van der Waals surface area contributed by atoms with Gasteiger partial charge in [-0.15, -0.1) is 0 Å². The summed E-state index contributed by atoms with van der Waals surface area (Å²) < 4.78 is 10.6. The van der Waals surface area contributed by atoms with Crippen LogP contribution in [0.1, 0.15) is 21.5 Å². The number of ether oxygens (including phenoxy) is 2. The molecule has 3 N–H and O–H groups in total. The highest BCUT2D eigenvalue weighted by atomic mass is 35.5. The second kappa shape index (κ2) is 8.75. The lowest BCUT2D eigenvalue weighted by molar-refractivity contribution is 0.0596. The fourth-order valence-electron chi connectivity index (χ4n) is 2.98. The number of phenols is 3. The number of aryl methyl sites for hydroxylation is 1. The van der Waals surface area contributed by atoms with Gasteiger partial charge in [0.05, 0.1) is 12.1 Å². The minimum absolute atomic E-state index is 0.0473. The van der Waals surface area contributed by atoms with Gasteiger partial charge in [0.15, 0.2) is 0 Å². The molecular weight excluding hydrogens is 396 g/mol. The lowest BCUT2D eigenvalue weighted by Gasteiger charge is -2.15. The Balaban J connectivity index is 1.94. The van der Waals surface area contributed by atoms with Crippen molar-refractivity contribution in [2.75, 3.05) is 7.11 Å². The molecule has 3 aromatic carbocycles. The number of hydrogen-bond donors (Lipinski definition) is 3. The van der Waals surface area contributed by atoms with E-state index >= 15 is 0 Å². The third kappa shape index (κ3) is 4.55. The molecule has 0 amide bonds. The summed E-state index contributed by atoms with van der Waals surface area (Å²) in [4.78, 5) is 12.1. The third-order valence-electron chi connectivity index (χ3n) is 4.37. The first-order valence-corrected chi connectivity index (χ1v) is 9.15. The molecule has 150 valence electrons. The van der Waals surface area contributed by atoms with E-state index in [1.54, 1.807) is 24.3 Å². The predicted molar refractivity (Wildman–Crippen MR) is 108 cm³/mol. The number of halogens is 1. The molecule has 0 saturated heterocycles. The Kier molecular flexibility index (Phi) is 6.14. The molecule has 6 nitrogen and oxygen atoms in total. The highest BCUT2D eigenvalue weighted by molar-refractivity contribution is 6.33. The van der Waals surface area contributed by atoms with Crippen molar-refractivity contribution in [3.63, 3.8) is 0 Å². The number of benzene rings is 3. The maximum Gasteiger partial charge on any atom is 0.341 e. The smallest absolute Gasteiger partial charge is 0.341 e. The fraction of sp³-hybridized carbons (Fsp3) is 0.136. The van der Waals surface area contributed by atoms with Crippen LogP contribution in [0, 0.1) is 0 Å². The summed E-state index contributed by atoms with van der Waals surface area (Å²) in [7, 11) is 1.19. The SMILES string of the molecule is COC(=O)c1c(O)cc(O)c(Cl)c1CCc1cc(O)ccc1Oc1ccccc1. The van der Waals surface area contributed by atoms with Crippen LogP contribution in [0.4, 0.5) is 0 Å². The number of para-hydroxylation sites is 1. The van der Waals surface area contributed by atoms with E-state index < -0.39 is 11.7 Å². The highest BCUT2D eigenvalue weighted by Crippen LogP contribution is 2.38. The van der Waals surface area contributed by atoms with Crippen molar-refractivity contribution in [3.05, 3.63) is 76.3 Å². The van der Waals surface area contributed by atoms with Crippen LogP contribution < -0.4 is 4.74 Å². The molecule has 0 aliphatic heterocycles. The fourth-order valence-corrected chi connectivity index (χ4v) is 3.23. The molecule has 0 unspecified atom stereocenters. The van der Waals surface area contributed by atoms with Crippen molar-refractivity contribution in [1.82, 2.24) is 0 Å². The minimum atomic E-state index is -0.768. The Labute approximate surface area is 172 Å². The molecule has 0 aromatic heterocycles. The van der Waals surface area contributed by atoms with E-state index in [4.69, 9.17) is 21.1 Å². The summed E-state index contributed by atoms with van der Waals surface area (Å²) in [5, 5.41) is 29.9. The number of aromatic hydroxyl groups is 3. The van der Waals surface area contributed by atoms with Gasteiger partial charge >= 0.3 is 5.97 Å². The Morgan fingerprint density at radius 3 is 2.38 bits per heavy atom. The average molecular weight is 415 g/mol. The van der Waals surface area contributed by atoms with Crippen molar-refractivity contribution >= 4 is 17.6 Å². The van der Waals surface area contributed by atoms with E-state index in [1.807, 2.05) is 18.2 Å². The Morgan fingerprint density at radius 1 is 0.966 bits per heavy atom. The van der Waals surface area contributed by atoms with Crippen LogP contribution in [0.2, 0.25) is 5.02 Å². The molecule has 0 aliphatic rings. The van der Waals surface area contributed by atoms with Crippen molar-refractivity contribution < 1.29 is 29.6 Å². The number of rotatable bonds is 6. The zero-order chi connectivity index (χ0) is 21.0. The van der Waals surface area contributed by atoms with Crippen LogP contribution >= 0.6 is 11.6 Å². The molecule has 0 radical (unpaired) electrons. The lowest BCUT2D eigenvalue weighted by Crippen LogP contribution is -2.08. The maximum atomic E-state index is 12.1. The van der Waals surface area contributed by atoms with E-state index in [-0.39, 0.29) is 34.1 Å². The Bertz CT molecular complexity index is 1030. The zero-order valence-electron chi connectivity index (χ0n) is 15.6. The van der Waals surface area contributed by atoms with Crippen LogP contribution in [-0.2, 0) is 17.6 Å². The van der Waals surface area contributed by atoms with Crippen LogP contribution in [0.25, 0.3) is 0 Å². The topological polar surface area (TPSA) is 96.2 Å². The summed E-state index contributed by atoms with van der Waals surface area (Å²) in [6.45, 7) is 0. The zero-order valence-corrected chi connectivity index (χ0v) is 16.3. The first-order chi connectivity index (χ1) is 13.9. The van der Waals surface area contributed by atoms with Gasteiger partial charge in [0.1, 0.15) is 34.3 Å². The molecule has 3 rings (SSSR count). The summed E-state index contributed by atoms with van der Waals surface area (Å²) in [6, 6.07) is 14.8. The second-order valence-electron chi connectivity index (χ2n) is 6.28. The van der Waals surface area contributed by atoms with E-state index in [1.165, 1.54) is 13.2 Å². The van der Waals surface area contributed by atoms with Gasteiger partial charge in [-0.2, -0.15) is 0 Å². The molecule has 0 saturated carbocycles. The predicted octanol–water partition coefficient (Wildman–Crippen LogP) is 4.82. The van der Waals surface area contributed by atoms with E-state index in [0.717, 1.165) is 6.07 Å². The number of carbonyl (C=O) groups is 1. The molecule has 0 bridgehead atoms. The van der Waals surface area contributed by atoms with Crippen molar-refractivity contribution in [3.8, 4) is 28.7 Å². The Hall–Kier alpha value is -3.38. The summed E-state index contributed by atoms with van der Waals surface area (Å²) >= 11 is 6.19. The number of methoxy groups -OCH3 is 1. The number of hydrogen-bond acceptors (Lipinski definition) is 6. The normalized spacial score (nSPS) is 10.6. The molecule has 0 atom stereocenters. The molecule has 0 aliphatic carbocycles. The Morgan fingerprint density at radius 2 is 1.69 bits per heavy atom. The van der Waals surface area contributed by atoms with E-state index in [2.05, 4.69) is 0 Å². The first kappa shape index (κ1) is 20.4. The molecule has 0 fully saturated rings. The largest absolute Gasteiger partial charge is 0.508 e. The van der Waals surface area contributed by atoms with Crippen molar-refractivity contribution in [2.45, 2.75) is 12.8 Å². The second-order valence-corrected chi connectivity index (χ2v) is 6.66. The average Bonchev–Trinajstić information content (AvgIpc) is 2.71. The summed E-state index contributed by atoms with van der Waals surface area (Å²) in [6.07, 6.45) is 0.489.